The number of anilines is 1. The first-order chi connectivity index (χ1) is 13.3. The molecule has 0 unspecified atom stereocenters. The average molecular weight is 401 g/mol. The number of amides is 1. The molecular weight excluding hydrogens is 372 g/mol. The van der Waals surface area contributed by atoms with Crippen LogP contribution in [0.5, 0.6) is 0 Å². The predicted molar refractivity (Wildman–Crippen MR) is 112 cm³/mol. The summed E-state index contributed by atoms with van der Waals surface area (Å²) in [5, 5.41) is 0. The second-order valence-corrected chi connectivity index (χ2v) is 9.26. The Kier molecular flexibility index (Phi) is 6.08. The van der Waals surface area contributed by atoms with E-state index in [-0.39, 0.29) is 16.8 Å². The van der Waals surface area contributed by atoms with E-state index in [0.29, 0.717) is 16.8 Å². The van der Waals surface area contributed by atoms with Crippen molar-refractivity contribution in [2.24, 2.45) is 0 Å². The zero-order valence-electron chi connectivity index (χ0n) is 16.7. The van der Waals surface area contributed by atoms with Crippen molar-refractivity contribution in [1.29, 1.82) is 0 Å². The standard InChI is InChI=1S/C22H28N2O3S/c1-16-9-7-8-12-20(16)23-28(26,27)21-15-18(14-13-17(21)2)22(25)24(3)19-10-5-4-6-11-19/h7-9,12-15,19,23H,4-6,10-11H2,1-3H3. The number of nitrogens with zero attached hydrogens (tertiary/aromatic N) is 1. The number of benzene rings is 2. The Labute approximate surface area is 167 Å². The van der Waals surface area contributed by atoms with Gasteiger partial charge in [-0.05, 0) is 56.0 Å². The summed E-state index contributed by atoms with van der Waals surface area (Å²) in [5.41, 5.74) is 2.40. The number of carbonyl (C=O) groups is 1. The van der Waals surface area contributed by atoms with E-state index < -0.39 is 10.0 Å². The summed E-state index contributed by atoms with van der Waals surface area (Å²) >= 11 is 0. The summed E-state index contributed by atoms with van der Waals surface area (Å²) in [7, 11) is -1.98. The summed E-state index contributed by atoms with van der Waals surface area (Å²) in [5.74, 6) is -0.126. The van der Waals surface area contributed by atoms with Crippen LogP contribution in [-0.2, 0) is 10.0 Å². The van der Waals surface area contributed by atoms with Crippen LogP contribution in [-0.4, -0.2) is 32.3 Å². The van der Waals surface area contributed by atoms with E-state index in [1.54, 1.807) is 36.1 Å². The van der Waals surface area contributed by atoms with Gasteiger partial charge in [0.15, 0.2) is 0 Å². The first-order valence-corrected chi connectivity index (χ1v) is 11.2. The van der Waals surface area contributed by atoms with Crippen molar-refractivity contribution in [2.45, 2.75) is 56.9 Å². The van der Waals surface area contributed by atoms with E-state index in [4.69, 9.17) is 0 Å². The first-order valence-electron chi connectivity index (χ1n) is 9.76. The maximum absolute atomic E-state index is 13.0. The van der Waals surface area contributed by atoms with Crippen LogP contribution >= 0.6 is 0 Å². The summed E-state index contributed by atoms with van der Waals surface area (Å²) in [6, 6.07) is 12.4. The van der Waals surface area contributed by atoms with Crippen LogP contribution in [0.4, 0.5) is 5.69 Å². The van der Waals surface area contributed by atoms with Crippen LogP contribution in [0.1, 0.15) is 53.6 Å². The van der Waals surface area contributed by atoms with E-state index in [1.807, 2.05) is 26.1 Å². The molecule has 0 aliphatic heterocycles. The van der Waals surface area contributed by atoms with Crippen LogP contribution in [0.3, 0.4) is 0 Å². The minimum Gasteiger partial charge on any atom is -0.339 e. The molecule has 0 saturated heterocycles. The van der Waals surface area contributed by atoms with Crippen molar-refractivity contribution in [3.8, 4) is 0 Å². The molecule has 0 heterocycles. The Morgan fingerprint density at radius 1 is 1.00 bits per heavy atom. The molecule has 1 aliphatic rings. The van der Waals surface area contributed by atoms with Crippen molar-refractivity contribution in [3.63, 3.8) is 0 Å². The lowest BCUT2D eigenvalue weighted by Gasteiger charge is -2.31. The summed E-state index contributed by atoms with van der Waals surface area (Å²) in [4.78, 5) is 14.9. The van der Waals surface area contributed by atoms with Crippen LogP contribution < -0.4 is 4.72 Å². The molecule has 0 aromatic heterocycles. The van der Waals surface area contributed by atoms with E-state index in [2.05, 4.69) is 4.72 Å². The fourth-order valence-corrected chi connectivity index (χ4v) is 5.15. The molecule has 0 radical (unpaired) electrons. The Morgan fingerprint density at radius 2 is 1.68 bits per heavy atom. The first kappa shape index (κ1) is 20.4. The number of sulfonamides is 1. The van der Waals surface area contributed by atoms with Gasteiger partial charge in [-0.3, -0.25) is 9.52 Å². The molecule has 5 nitrogen and oxygen atoms in total. The Morgan fingerprint density at radius 3 is 2.36 bits per heavy atom. The Hall–Kier alpha value is -2.34. The van der Waals surface area contributed by atoms with Gasteiger partial charge < -0.3 is 4.90 Å². The van der Waals surface area contributed by atoms with Gasteiger partial charge in [-0.25, -0.2) is 8.42 Å². The van der Waals surface area contributed by atoms with Gasteiger partial charge in [0, 0.05) is 18.7 Å². The largest absolute Gasteiger partial charge is 0.339 e. The zero-order valence-corrected chi connectivity index (χ0v) is 17.6. The van der Waals surface area contributed by atoms with E-state index in [1.165, 1.54) is 12.5 Å². The molecule has 0 atom stereocenters. The number of para-hydroxylation sites is 1. The molecule has 28 heavy (non-hydrogen) atoms. The molecule has 2 aromatic carbocycles. The van der Waals surface area contributed by atoms with Crippen molar-refractivity contribution in [2.75, 3.05) is 11.8 Å². The maximum Gasteiger partial charge on any atom is 0.262 e. The van der Waals surface area contributed by atoms with Crippen molar-refractivity contribution < 1.29 is 13.2 Å². The van der Waals surface area contributed by atoms with Crippen molar-refractivity contribution in [1.82, 2.24) is 4.90 Å². The van der Waals surface area contributed by atoms with Gasteiger partial charge in [-0.15, -0.1) is 0 Å². The SMILES string of the molecule is Cc1ccccc1NS(=O)(=O)c1cc(C(=O)N(C)C2CCCCC2)ccc1C. The molecule has 0 spiro atoms. The highest BCUT2D eigenvalue weighted by molar-refractivity contribution is 7.92. The Bertz CT molecular complexity index is 963. The smallest absolute Gasteiger partial charge is 0.262 e. The van der Waals surface area contributed by atoms with Crippen LogP contribution in [0.15, 0.2) is 47.4 Å². The lowest BCUT2D eigenvalue weighted by atomic mass is 9.94. The summed E-state index contributed by atoms with van der Waals surface area (Å²) in [6.45, 7) is 3.59. The Balaban J connectivity index is 1.88. The molecule has 2 aromatic rings. The van der Waals surface area contributed by atoms with Crippen LogP contribution in [0.25, 0.3) is 0 Å². The highest BCUT2D eigenvalue weighted by Gasteiger charge is 2.25. The third-order valence-corrected chi connectivity index (χ3v) is 7.06. The fourth-order valence-electron chi connectivity index (χ4n) is 3.75. The third kappa shape index (κ3) is 4.38. The fraction of sp³-hybridized carbons (Fsp3) is 0.409. The average Bonchev–Trinajstić information content (AvgIpc) is 2.69. The van der Waals surface area contributed by atoms with Gasteiger partial charge in [0.05, 0.1) is 10.6 Å². The summed E-state index contributed by atoms with van der Waals surface area (Å²) in [6.07, 6.45) is 5.50. The highest BCUT2D eigenvalue weighted by Crippen LogP contribution is 2.26. The molecule has 0 bridgehead atoms. The van der Waals surface area contributed by atoms with Gasteiger partial charge in [-0.1, -0.05) is 43.5 Å². The quantitative estimate of drug-likeness (QED) is 0.803. The topological polar surface area (TPSA) is 66.5 Å². The second kappa shape index (κ2) is 8.35. The summed E-state index contributed by atoms with van der Waals surface area (Å²) < 4.78 is 28.6. The lowest BCUT2D eigenvalue weighted by Crippen LogP contribution is -2.38. The second-order valence-electron chi connectivity index (χ2n) is 7.61. The molecule has 1 aliphatic carbocycles. The van der Waals surface area contributed by atoms with E-state index in [0.717, 1.165) is 31.2 Å². The number of nitrogens with one attached hydrogen (secondary N) is 1. The normalized spacial score (nSPS) is 15.2. The molecule has 1 fully saturated rings. The van der Waals surface area contributed by atoms with Gasteiger partial charge >= 0.3 is 0 Å². The minimum absolute atomic E-state index is 0.126. The number of hydrogen-bond acceptors (Lipinski definition) is 3. The van der Waals surface area contributed by atoms with E-state index >= 15 is 0 Å². The molecule has 1 N–H and O–H groups in total. The predicted octanol–water partition coefficient (Wildman–Crippen LogP) is 4.51. The van der Waals surface area contributed by atoms with E-state index in [9.17, 15) is 13.2 Å². The van der Waals surface area contributed by atoms with Crippen molar-refractivity contribution in [3.05, 3.63) is 59.2 Å². The lowest BCUT2D eigenvalue weighted by molar-refractivity contribution is 0.0696. The van der Waals surface area contributed by atoms with Gasteiger partial charge in [0.2, 0.25) is 0 Å². The molecule has 1 amide bonds. The van der Waals surface area contributed by atoms with Crippen molar-refractivity contribution >= 4 is 21.6 Å². The number of rotatable bonds is 5. The molecular formula is C22H28N2O3S. The number of hydrogen-bond donors (Lipinski definition) is 1. The molecule has 1 saturated carbocycles. The van der Waals surface area contributed by atoms with Crippen LogP contribution in [0.2, 0.25) is 0 Å². The monoisotopic (exact) mass is 400 g/mol. The molecule has 6 heteroatoms. The van der Waals surface area contributed by atoms with Gasteiger partial charge in [0.1, 0.15) is 0 Å². The number of aryl methyl sites for hydroxylation is 2. The van der Waals surface area contributed by atoms with Gasteiger partial charge in [0.25, 0.3) is 15.9 Å². The molecule has 150 valence electrons. The zero-order chi connectivity index (χ0) is 20.3. The third-order valence-electron chi connectivity index (χ3n) is 5.56. The van der Waals surface area contributed by atoms with Gasteiger partial charge in [-0.2, -0.15) is 0 Å². The number of carbonyl (C=O) groups excluding carboxylic acids is 1. The molecule has 3 rings (SSSR count). The minimum atomic E-state index is -3.79. The van der Waals surface area contributed by atoms with Crippen LogP contribution in [0, 0.1) is 13.8 Å². The highest BCUT2D eigenvalue weighted by atomic mass is 32.2. The maximum atomic E-state index is 13.0.